The van der Waals surface area contributed by atoms with Gasteiger partial charge < -0.3 is 4.42 Å². The number of hydrogen-bond donors (Lipinski definition) is 0. The summed E-state index contributed by atoms with van der Waals surface area (Å²) in [6.07, 6.45) is 1.59. The number of hydrogen-bond acceptors (Lipinski definition) is 5. The van der Waals surface area contributed by atoms with Gasteiger partial charge in [-0.1, -0.05) is 45.2 Å². The maximum absolute atomic E-state index is 6.13. The Morgan fingerprint density at radius 1 is 1.10 bits per heavy atom. The molecule has 0 fully saturated rings. The maximum atomic E-state index is 6.13. The molecule has 0 unspecified atom stereocenters. The highest BCUT2D eigenvalue weighted by molar-refractivity contribution is 8.02. The molecule has 3 aromatic heterocycles. The summed E-state index contributed by atoms with van der Waals surface area (Å²) in [6, 6.07) is 13.1. The molecule has 0 bridgehead atoms. The van der Waals surface area contributed by atoms with Crippen LogP contribution in [0.25, 0.3) is 43.4 Å². The van der Waals surface area contributed by atoms with Crippen LogP contribution in [0.4, 0.5) is 0 Å². The maximum Gasteiger partial charge on any atom is 0.230 e. The lowest BCUT2D eigenvalue weighted by atomic mass is 9.85. The Balaban J connectivity index is 1.80. The van der Waals surface area contributed by atoms with Gasteiger partial charge in [-0.05, 0) is 59.0 Å². The lowest BCUT2D eigenvalue weighted by Crippen LogP contribution is -2.12. The minimum Gasteiger partial charge on any atom is -0.438 e. The van der Waals surface area contributed by atoms with Crippen LogP contribution in [0.1, 0.15) is 31.2 Å². The van der Waals surface area contributed by atoms with E-state index in [2.05, 4.69) is 80.6 Å². The number of rotatable bonds is 3. The normalized spacial score (nSPS) is 12.3. The molecule has 3 heterocycles. The molecule has 5 aromatic rings. The Labute approximate surface area is 183 Å². The predicted octanol–water partition coefficient (Wildman–Crippen LogP) is 8.10. The molecule has 0 saturated carbocycles. The highest BCUT2D eigenvalue weighted by Gasteiger charge is 2.21. The Kier molecular flexibility index (Phi) is 4.49. The third kappa shape index (κ3) is 3.13. The average Bonchev–Trinajstić information content (AvgIpc) is 3.23. The second-order valence-electron chi connectivity index (χ2n) is 8.49. The number of furan rings is 1. The Bertz CT molecular complexity index is 1440. The largest absolute Gasteiger partial charge is 0.438 e. The summed E-state index contributed by atoms with van der Waals surface area (Å²) in [4.78, 5) is 11.6. The van der Waals surface area contributed by atoms with Crippen molar-refractivity contribution in [2.45, 2.75) is 38.0 Å². The lowest BCUT2D eigenvalue weighted by Gasteiger charge is -2.23. The van der Waals surface area contributed by atoms with Gasteiger partial charge in [-0.15, -0.1) is 11.3 Å². The summed E-state index contributed by atoms with van der Waals surface area (Å²) in [5.74, 6) is 0. The molecule has 3 nitrogen and oxygen atoms in total. The van der Waals surface area contributed by atoms with Crippen molar-refractivity contribution in [3.63, 3.8) is 0 Å². The fraction of sp³-hybridized carbons (Fsp3) is 0.200. The van der Waals surface area contributed by atoms with Crippen LogP contribution in [0, 0.1) is 6.92 Å². The van der Waals surface area contributed by atoms with Crippen LogP contribution in [-0.4, -0.2) is 9.97 Å². The smallest absolute Gasteiger partial charge is 0.230 e. The molecule has 0 atom stereocenters. The van der Waals surface area contributed by atoms with Crippen LogP contribution in [0.15, 0.2) is 64.0 Å². The summed E-state index contributed by atoms with van der Waals surface area (Å²) >= 11 is 3.44. The summed E-state index contributed by atoms with van der Waals surface area (Å²) in [5.41, 5.74) is 4.75. The van der Waals surface area contributed by atoms with Gasteiger partial charge >= 0.3 is 0 Å². The van der Waals surface area contributed by atoms with E-state index >= 15 is 0 Å². The van der Waals surface area contributed by atoms with Crippen molar-refractivity contribution in [1.29, 1.82) is 0 Å². The van der Waals surface area contributed by atoms with Crippen LogP contribution in [0.3, 0.4) is 0 Å². The summed E-state index contributed by atoms with van der Waals surface area (Å²) in [7, 11) is 0. The van der Waals surface area contributed by atoms with Gasteiger partial charge in [0, 0.05) is 25.4 Å². The second kappa shape index (κ2) is 6.96. The molecule has 0 aliphatic heterocycles. The van der Waals surface area contributed by atoms with Crippen molar-refractivity contribution in [2.24, 2.45) is 0 Å². The number of benzene rings is 2. The van der Waals surface area contributed by atoms with Gasteiger partial charge in [0.15, 0.2) is 0 Å². The summed E-state index contributed by atoms with van der Waals surface area (Å²) in [6.45, 7) is 12.7. The zero-order valence-electron chi connectivity index (χ0n) is 17.4. The molecule has 0 N–H and O–H groups in total. The Hall–Kier alpha value is -2.63. The summed E-state index contributed by atoms with van der Waals surface area (Å²) in [5, 5.41) is 5.15. The first-order valence-corrected chi connectivity index (χ1v) is 11.5. The van der Waals surface area contributed by atoms with Crippen molar-refractivity contribution in [1.82, 2.24) is 9.97 Å². The lowest BCUT2D eigenvalue weighted by molar-refractivity contribution is 0.578. The number of nitrogens with zero attached hydrogens (tertiary/aromatic N) is 2. The topological polar surface area (TPSA) is 38.9 Å². The van der Waals surface area contributed by atoms with Crippen molar-refractivity contribution < 1.29 is 4.42 Å². The number of fused-ring (bicyclic) bond motifs is 4. The number of thioether (sulfide) groups is 1. The molecule has 0 radical (unpaired) electrons. The summed E-state index contributed by atoms with van der Waals surface area (Å²) < 4.78 is 7.36. The first-order chi connectivity index (χ1) is 14.3. The van der Waals surface area contributed by atoms with E-state index in [-0.39, 0.29) is 5.41 Å². The monoisotopic (exact) mass is 430 g/mol. The molecule has 30 heavy (non-hydrogen) atoms. The first-order valence-electron chi connectivity index (χ1n) is 9.85. The van der Waals surface area contributed by atoms with Gasteiger partial charge in [-0.2, -0.15) is 0 Å². The van der Waals surface area contributed by atoms with E-state index in [0.717, 1.165) is 27.6 Å². The Morgan fingerprint density at radius 3 is 2.70 bits per heavy atom. The van der Waals surface area contributed by atoms with E-state index in [0.29, 0.717) is 5.71 Å². The molecule has 5 heteroatoms. The van der Waals surface area contributed by atoms with E-state index in [1.807, 2.05) is 5.41 Å². The molecule has 0 spiro atoms. The molecule has 2 aromatic carbocycles. The van der Waals surface area contributed by atoms with E-state index in [1.165, 1.54) is 25.4 Å². The van der Waals surface area contributed by atoms with Crippen LogP contribution in [0.2, 0.25) is 0 Å². The first kappa shape index (κ1) is 19.3. The standard InChI is InChI=1S/C25H22N2OS2/c1-6-29-20-8-7-15(11-18(20)25(3,4)5)23-22-17-10-16-9-14(2)30-21(16)12-19(17)28-24(22)27-13-26-23/h6-13H,1H2,2-5H3. The third-order valence-corrected chi connectivity index (χ3v) is 7.09. The number of aryl methyl sites for hydroxylation is 1. The highest BCUT2D eigenvalue weighted by atomic mass is 32.2. The predicted molar refractivity (Wildman–Crippen MR) is 130 cm³/mol. The van der Waals surface area contributed by atoms with Crippen molar-refractivity contribution >= 4 is 55.3 Å². The highest BCUT2D eigenvalue weighted by Crippen LogP contribution is 2.40. The van der Waals surface area contributed by atoms with Crippen LogP contribution < -0.4 is 0 Å². The molecular formula is C25H22N2OS2. The zero-order valence-corrected chi connectivity index (χ0v) is 19.1. The quantitative estimate of drug-likeness (QED) is 0.271. The van der Waals surface area contributed by atoms with E-state index in [9.17, 15) is 0 Å². The molecule has 0 aliphatic carbocycles. The van der Waals surface area contributed by atoms with Gasteiger partial charge in [0.1, 0.15) is 11.9 Å². The fourth-order valence-electron chi connectivity index (χ4n) is 3.95. The zero-order chi connectivity index (χ0) is 21.0. The number of thiophene rings is 1. The van der Waals surface area contributed by atoms with Gasteiger partial charge in [0.05, 0.1) is 11.1 Å². The van der Waals surface area contributed by atoms with Gasteiger partial charge in [-0.25, -0.2) is 9.97 Å². The van der Waals surface area contributed by atoms with Crippen molar-refractivity contribution in [3.8, 4) is 11.3 Å². The van der Waals surface area contributed by atoms with Crippen LogP contribution in [-0.2, 0) is 5.41 Å². The Morgan fingerprint density at radius 2 is 1.93 bits per heavy atom. The van der Waals surface area contributed by atoms with Gasteiger partial charge in [0.2, 0.25) is 5.71 Å². The molecule has 0 amide bonds. The minimum atomic E-state index is 0.00628. The molecule has 0 saturated heterocycles. The fourth-order valence-corrected chi connectivity index (χ4v) is 5.70. The van der Waals surface area contributed by atoms with Gasteiger partial charge in [-0.3, -0.25) is 0 Å². The van der Waals surface area contributed by atoms with E-state index in [4.69, 9.17) is 4.42 Å². The van der Waals surface area contributed by atoms with Crippen molar-refractivity contribution in [2.75, 3.05) is 0 Å². The van der Waals surface area contributed by atoms with Gasteiger partial charge in [0.25, 0.3) is 0 Å². The number of aromatic nitrogens is 2. The second-order valence-corrected chi connectivity index (χ2v) is 10.8. The molecule has 5 rings (SSSR count). The molecule has 150 valence electrons. The molecular weight excluding hydrogens is 408 g/mol. The minimum absolute atomic E-state index is 0.00628. The SMILES string of the molecule is C=CSc1ccc(-c2ncnc3oc4cc5sc(C)cc5cc4c23)cc1C(C)(C)C. The third-order valence-electron chi connectivity index (χ3n) is 5.30. The van der Waals surface area contributed by atoms with E-state index in [1.54, 1.807) is 29.4 Å². The van der Waals surface area contributed by atoms with E-state index < -0.39 is 0 Å². The van der Waals surface area contributed by atoms with Crippen molar-refractivity contribution in [3.05, 3.63) is 65.2 Å². The van der Waals surface area contributed by atoms with Crippen LogP contribution in [0.5, 0.6) is 0 Å². The van der Waals surface area contributed by atoms with Crippen LogP contribution >= 0.6 is 23.1 Å². The average molecular weight is 431 g/mol. The molecule has 0 aliphatic rings.